The van der Waals surface area contributed by atoms with Gasteiger partial charge in [-0.3, -0.25) is 0 Å². The summed E-state index contributed by atoms with van der Waals surface area (Å²) in [7, 11) is 0. The molecule has 0 aliphatic rings. The number of hydrogen-bond acceptors (Lipinski definition) is 3. The fraction of sp³-hybridized carbons (Fsp3) is 1.00. The first-order valence-electron chi connectivity index (χ1n) is 6.88. The summed E-state index contributed by atoms with van der Waals surface area (Å²) in [6, 6.07) is 0. The van der Waals surface area contributed by atoms with Crippen LogP contribution in [-0.2, 0) is 4.74 Å². The fourth-order valence-corrected chi connectivity index (χ4v) is 2.19. The Balaban J connectivity index is 4.01. The normalized spacial score (nSPS) is 15.8. The van der Waals surface area contributed by atoms with Gasteiger partial charge in [0.1, 0.15) is 0 Å². The predicted octanol–water partition coefficient (Wildman–Crippen LogP) is 2.97. The van der Waals surface area contributed by atoms with Crippen LogP contribution in [0.4, 0.5) is 0 Å². The second kappa shape index (κ2) is 6.36. The van der Waals surface area contributed by atoms with Crippen molar-refractivity contribution >= 4 is 0 Å². The molecular formula is C15H33NO2. The molecule has 0 saturated heterocycles. The molecule has 0 aromatic heterocycles. The van der Waals surface area contributed by atoms with Crippen LogP contribution in [0.15, 0.2) is 0 Å². The van der Waals surface area contributed by atoms with Crippen LogP contribution >= 0.6 is 0 Å². The zero-order valence-corrected chi connectivity index (χ0v) is 13.6. The first-order chi connectivity index (χ1) is 7.81. The maximum Gasteiger partial charge on any atom is 0.0898 e. The van der Waals surface area contributed by atoms with Gasteiger partial charge in [-0.05, 0) is 46.5 Å². The molecule has 3 heteroatoms. The number of aliphatic hydroxyl groups excluding tert-OH is 1. The highest BCUT2D eigenvalue weighted by Gasteiger charge is 2.25. The summed E-state index contributed by atoms with van der Waals surface area (Å²) in [6.45, 7) is 18.0. The van der Waals surface area contributed by atoms with Crippen molar-refractivity contribution in [2.24, 2.45) is 5.41 Å². The van der Waals surface area contributed by atoms with Crippen LogP contribution in [0, 0.1) is 5.41 Å². The van der Waals surface area contributed by atoms with Gasteiger partial charge in [-0.15, -0.1) is 0 Å². The number of rotatable bonds is 6. The highest BCUT2D eigenvalue weighted by atomic mass is 16.5. The maximum absolute atomic E-state index is 9.89. The molecule has 18 heavy (non-hydrogen) atoms. The maximum atomic E-state index is 9.89. The Bertz CT molecular complexity index is 236. The van der Waals surface area contributed by atoms with E-state index in [1.807, 2.05) is 20.8 Å². The molecule has 0 spiro atoms. The van der Waals surface area contributed by atoms with Gasteiger partial charge in [0, 0.05) is 12.1 Å². The largest absolute Gasteiger partial charge is 0.389 e. The Morgan fingerprint density at radius 3 is 1.89 bits per heavy atom. The van der Waals surface area contributed by atoms with Gasteiger partial charge in [-0.25, -0.2) is 0 Å². The summed E-state index contributed by atoms with van der Waals surface area (Å²) < 4.78 is 5.57. The van der Waals surface area contributed by atoms with Gasteiger partial charge in [-0.1, -0.05) is 20.8 Å². The van der Waals surface area contributed by atoms with E-state index in [4.69, 9.17) is 4.74 Å². The highest BCUT2D eigenvalue weighted by molar-refractivity contribution is 4.84. The van der Waals surface area contributed by atoms with Crippen molar-refractivity contribution in [3.63, 3.8) is 0 Å². The van der Waals surface area contributed by atoms with Crippen molar-refractivity contribution in [2.75, 3.05) is 13.2 Å². The second-order valence-corrected chi connectivity index (χ2v) is 8.08. The average molecular weight is 259 g/mol. The molecule has 2 N–H and O–H groups in total. The van der Waals surface area contributed by atoms with E-state index < -0.39 is 6.10 Å². The molecule has 0 heterocycles. The number of ether oxygens (including phenoxy) is 1. The van der Waals surface area contributed by atoms with Gasteiger partial charge in [0.2, 0.25) is 0 Å². The number of nitrogens with one attached hydrogen (secondary N) is 1. The molecule has 1 unspecified atom stereocenters. The molecular weight excluding hydrogens is 226 g/mol. The Morgan fingerprint density at radius 2 is 1.50 bits per heavy atom. The van der Waals surface area contributed by atoms with Crippen LogP contribution in [0.1, 0.15) is 61.8 Å². The lowest BCUT2D eigenvalue weighted by atomic mass is 9.82. The van der Waals surface area contributed by atoms with Crippen LogP contribution in [-0.4, -0.2) is 35.5 Å². The third kappa shape index (κ3) is 11.0. The standard InChI is InChI=1S/C15H33NO2/c1-13(2,3)11-15(7,8)16-9-12(17)10-18-14(4,5)6/h12,16-17H,9-11H2,1-8H3. The Morgan fingerprint density at radius 1 is 1.00 bits per heavy atom. The molecule has 0 amide bonds. The van der Waals surface area contributed by atoms with Crippen LogP contribution < -0.4 is 5.32 Å². The van der Waals surface area contributed by atoms with Crippen molar-refractivity contribution in [3.05, 3.63) is 0 Å². The Kier molecular flexibility index (Phi) is 6.31. The van der Waals surface area contributed by atoms with E-state index in [9.17, 15) is 5.11 Å². The molecule has 0 aromatic rings. The molecule has 0 aliphatic carbocycles. The van der Waals surface area contributed by atoms with Crippen LogP contribution in [0.5, 0.6) is 0 Å². The SMILES string of the molecule is CC(C)(C)CC(C)(C)NCC(O)COC(C)(C)C. The minimum absolute atomic E-state index is 0.0287. The van der Waals surface area contributed by atoms with Crippen LogP contribution in [0.25, 0.3) is 0 Å². The van der Waals surface area contributed by atoms with E-state index in [2.05, 4.69) is 39.9 Å². The van der Waals surface area contributed by atoms with Crippen molar-refractivity contribution in [1.82, 2.24) is 5.32 Å². The van der Waals surface area contributed by atoms with Gasteiger partial charge < -0.3 is 15.2 Å². The minimum Gasteiger partial charge on any atom is -0.389 e. The molecule has 0 aliphatic heterocycles. The van der Waals surface area contributed by atoms with E-state index in [0.29, 0.717) is 13.2 Å². The molecule has 0 bridgehead atoms. The van der Waals surface area contributed by atoms with Gasteiger partial charge in [0.05, 0.1) is 18.3 Å². The van der Waals surface area contributed by atoms with Gasteiger partial charge in [0.25, 0.3) is 0 Å². The summed E-state index contributed by atoms with van der Waals surface area (Å²) in [4.78, 5) is 0. The van der Waals surface area contributed by atoms with E-state index in [1.54, 1.807) is 0 Å². The first-order valence-corrected chi connectivity index (χ1v) is 6.88. The number of hydrogen-bond donors (Lipinski definition) is 2. The van der Waals surface area contributed by atoms with E-state index in [1.165, 1.54) is 0 Å². The molecule has 1 atom stereocenters. The smallest absolute Gasteiger partial charge is 0.0898 e. The Hall–Kier alpha value is -0.120. The monoisotopic (exact) mass is 259 g/mol. The summed E-state index contributed by atoms with van der Waals surface area (Å²) >= 11 is 0. The zero-order chi connectivity index (χ0) is 14.6. The molecule has 0 radical (unpaired) electrons. The fourth-order valence-electron chi connectivity index (χ4n) is 2.19. The van der Waals surface area contributed by atoms with Crippen molar-refractivity contribution in [1.29, 1.82) is 0 Å². The van der Waals surface area contributed by atoms with E-state index >= 15 is 0 Å². The lowest BCUT2D eigenvalue weighted by Crippen LogP contribution is -2.46. The molecule has 0 aromatic carbocycles. The molecule has 0 rings (SSSR count). The molecule has 0 fully saturated rings. The van der Waals surface area contributed by atoms with Crippen LogP contribution in [0.2, 0.25) is 0 Å². The first kappa shape index (κ1) is 17.9. The quantitative estimate of drug-likeness (QED) is 0.770. The topological polar surface area (TPSA) is 41.5 Å². The second-order valence-electron chi connectivity index (χ2n) is 8.08. The summed E-state index contributed by atoms with van der Waals surface area (Å²) in [6.07, 6.45) is 0.607. The summed E-state index contributed by atoms with van der Waals surface area (Å²) in [5.41, 5.74) is 0.117. The van der Waals surface area contributed by atoms with E-state index in [0.717, 1.165) is 6.42 Å². The number of aliphatic hydroxyl groups is 1. The summed E-state index contributed by atoms with van der Waals surface area (Å²) in [5, 5.41) is 13.3. The minimum atomic E-state index is -0.455. The van der Waals surface area contributed by atoms with Crippen molar-refractivity contribution in [3.8, 4) is 0 Å². The lowest BCUT2D eigenvalue weighted by Gasteiger charge is -2.34. The Labute approximate surface area is 113 Å². The van der Waals surface area contributed by atoms with E-state index in [-0.39, 0.29) is 16.6 Å². The van der Waals surface area contributed by atoms with Crippen molar-refractivity contribution in [2.45, 2.75) is 79.1 Å². The molecule has 0 saturated carbocycles. The number of β-amino-alcohol motifs (C(OH)–C–C–N with tert-alkyl or cyclic N) is 1. The van der Waals surface area contributed by atoms with Crippen molar-refractivity contribution < 1.29 is 9.84 Å². The predicted molar refractivity (Wildman–Crippen MR) is 77.9 cm³/mol. The lowest BCUT2D eigenvalue weighted by molar-refractivity contribution is -0.0494. The summed E-state index contributed by atoms with van der Waals surface area (Å²) in [5.74, 6) is 0. The molecule has 110 valence electrons. The highest BCUT2D eigenvalue weighted by Crippen LogP contribution is 2.26. The van der Waals surface area contributed by atoms with Crippen LogP contribution in [0.3, 0.4) is 0 Å². The third-order valence-corrected chi connectivity index (χ3v) is 2.50. The average Bonchev–Trinajstić information content (AvgIpc) is 2.06. The van der Waals surface area contributed by atoms with Gasteiger partial charge in [0.15, 0.2) is 0 Å². The molecule has 3 nitrogen and oxygen atoms in total. The van der Waals surface area contributed by atoms with Gasteiger partial charge >= 0.3 is 0 Å². The van der Waals surface area contributed by atoms with Gasteiger partial charge in [-0.2, -0.15) is 0 Å². The zero-order valence-electron chi connectivity index (χ0n) is 13.6. The third-order valence-electron chi connectivity index (χ3n) is 2.50.